The van der Waals surface area contributed by atoms with Gasteiger partial charge in [0.05, 0.1) is 0 Å². The summed E-state index contributed by atoms with van der Waals surface area (Å²) in [5.41, 5.74) is -2.30. The van der Waals surface area contributed by atoms with Crippen LogP contribution in [0, 0.1) is 5.21 Å². The van der Waals surface area contributed by atoms with E-state index in [1.54, 1.807) is 0 Å². The molecular formula is C6H6N5O4-. The van der Waals surface area contributed by atoms with Gasteiger partial charge in [-0.1, -0.05) is 0 Å². The highest BCUT2D eigenvalue weighted by atomic mass is 16.8. The molecule has 0 aliphatic carbocycles. The third kappa shape index (κ3) is 1.14. The lowest BCUT2D eigenvalue weighted by atomic mass is 10.5. The monoisotopic (exact) mass is 212 g/mol. The Hall–Kier alpha value is -2.13. The number of rotatable bonds is 1. The van der Waals surface area contributed by atoms with Gasteiger partial charge in [0.25, 0.3) is 5.56 Å². The Bertz CT molecular complexity index is 620. The highest BCUT2D eigenvalue weighted by Crippen LogP contribution is 2.08. The van der Waals surface area contributed by atoms with Crippen LogP contribution in [0.2, 0.25) is 0 Å². The summed E-state index contributed by atoms with van der Waals surface area (Å²) in [5.74, 6) is 0. The minimum atomic E-state index is -0.901. The molecule has 0 spiro atoms. The van der Waals surface area contributed by atoms with E-state index in [-0.39, 0.29) is 5.65 Å². The molecule has 0 aliphatic heterocycles. The van der Waals surface area contributed by atoms with Crippen molar-refractivity contribution in [2.24, 2.45) is 7.05 Å². The number of nitrogens with zero attached hydrogens (tertiary/aromatic N) is 4. The molecule has 0 atom stereocenters. The van der Waals surface area contributed by atoms with Gasteiger partial charge in [-0.25, -0.2) is 9.20 Å². The van der Waals surface area contributed by atoms with Gasteiger partial charge in [-0.05, 0) is 0 Å². The molecule has 0 unspecified atom stereocenters. The lowest BCUT2D eigenvalue weighted by molar-refractivity contribution is 0.295. The summed E-state index contributed by atoms with van der Waals surface area (Å²) in [6.07, 6.45) is 1.10. The Balaban J connectivity index is 3.08. The SMILES string of the molecule is Cn1c(=O)c(N([O-])O)c2[nH]ncn2c1=O. The molecular weight excluding hydrogens is 206 g/mol. The smallest absolute Gasteiger partial charge is 0.337 e. The minimum absolute atomic E-state index is 0.152. The highest BCUT2D eigenvalue weighted by molar-refractivity contribution is 5.65. The van der Waals surface area contributed by atoms with Crippen LogP contribution in [0.1, 0.15) is 0 Å². The molecule has 15 heavy (non-hydrogen) atoms. The molecule has 0 radical (unpaired) electrons. The van der Waals surface area contributed by atoms with Crippen molar-refractivity contribution in [2.45, 2.75) is 0 Å². The van der Waals surface area contributed by atoms with Crippen LogP contribution in [0.5, 0.6) is 0 Å². The van der Waals surface area contributed by atoms with E-state index in [9.17, 15) is 14.8 Å². The number of anilines is 1. The van der Waals surface area contributed by atoms with Gasteiger partial charge in [0.15, 0.2) is 11.3 Å². The van der Waals surface area contributed by atoms with E-state index in [4.69, 9.17) is 5.21 Å². The molecule has 2 aromatic rings. The molecule has 80 valence electrons. The van der Waals surface area contributed by atoms with Crippen molar-refractivity contribution in [1.29, 1.82) is 0 Å². The summed E-state index contributed by atoms with van der Waals surface area (Å²) >= 11 is 0. The number of nitrogens with one attached hydrogen (secondary N) is 1. The van der Waals surface area contributed by atoms with Gasteiger partial charge in [0.2, 0.25) is 0 Å². The second kappa shape index (κ2) is 2.93. The molecule has 0 saturated heterocycles. The fourth-order valence-electron chi connectivity index (χ4n) is 1.25. The zero-order valence-corrected chi connectivity index (χ0v) is 7.54. The van der Waals surface area contributed by atoms with Gasteiger partial charge in [-0.3, -0.25) is 19.7 Å². The Morgan fingerprint density at radius 3 is 2.87 bits per heavy atom. The van der Waals surface area contributed by atoms with Gasteiger partial charge in [-0.15, -0.1) is 0 Å². The van der Waals surface area contributed by atoms with Crippen LogP contribution in [-0.2, 0) is 7.05 Å². The average Bonchev–Trinajstić information content (AvgIpc) is 2.62. The molecule has 0 fully saturated rings. The first-order valence-corrected chi connectivity index (χ1v) is 3.85. The predicted octanol–water partition coefficient (Wildman–Crippen LogP) is -1.59. The van der Waals surface area contributed by atoms with Gasteiger partial charge in [0, 0.05) is 7.05 Å². The summed E-state index contributed by atoms with van der Waals surface area (Å²) in [6, 6.07) is 0. The van der Waals surface area contributed by atoms with Crippen molar-refractivity contribution in [3.8, 4) is 0 Å². The van der Waals surface area contributed by atoms with Crippen LogP contribution >= 0.6 is 0 Å². The quantitative estimate of drug-likeness (QED) is 0.550. The largest absolute Gasteiger partial charge is 0.733 e. The summed E-state index contributed by atoms with van der Waals surface area (Å²) in [4.78, 5) is 22.9. The molecule has 0 aromatic carbocycles. The summed E-state index contributed by atoms with van der Waals surface area (Å²) in [6.45, 7) is 0. The first-order chi connectivity index (χ1) is 7.04. The number of aromatic amines is 1. The van der Waals surface area contributed by atoms with Crippen LogP contribution in [0.15, 0.2) is 15.9 Å². The third-order valence-corrected chi connectivity index (χ3v) is 2.00. The van der Waals surface area contributed by atoms with Crippen molar-refractivity contribution in [2.75, 3.05) is 5.23 Å². The van der Waals surface area contributed by atoms with E-state index < -0.39 is 22.2 Å². The first-order valence-electron chi connectivity index (χ1n) is 3.85. The van der Waals surface area contributed by atoms with Crippen molar-refractivity contribution < 1.29 is 5.21 Å². The number of hydrogen-bond acceptors (Lipinski definition) is 6. The number of aromatic nitrogens is 4. The molecule has 2 N–H and O–H groups in total. The fraction of sp³-hybridized carbons (Fsp3) is 0.167. The summed E-state index contributed by atoms with van der Waals surface area (Å²) in [7, 11) is 1.19. The second-order valence-electron chi connectivity index (χ2n) is 2.84. The van der Waals surface area contributed by atoms with Gasteiger partial charge >= 0.3 is 5.69 Å². The van der Waals surface area contributed by atoms with Crippen molar-refractivity contribution >= 4 is 11.3 Å². The maximum atomic E-state index is 11.4. The van der Waals surface area contributed by atoms with Crippen LogP contribution in [0.25, 0.3) is 5.65 Å². The van der Waals surface area contributed by atoms with E-state index in [1.807, 2.05) is 0 Å². The Morgan fingerprint density at radius 1 is 1.60 bits per heavy atom. The van der Waals surface area contributed by atoms with Crippen molar-refractivity contribution in [3.63, 3.8) is 0 Å². The van der Waals surface area contributed by atoms with Gasteiger partial charge < -0.3 is 10.4 Å². The third-order valence-electron chi connectivity index (χ3n) is 2.00. The maximum absolute atomic E-state index is 11.4. The van der Waals surface area contributed by atoms with E-state index in [1.165, 1.54) is 7.05 Å². The zero-order chi connectivity index (χ0) is 11.2. The number of fused-ring (bicyclic) bond motifs is 1. The molecule has 2 rings (SSSR count). The van der Waals surface area contributed by atoms with Crippen molar-refractivity contribution in [1.82, 2.24) is 19.2 Å². The number of hydrogen-bond donors (Lipinski definition) is 2. The van der Waals surface area contributed by atoms with E-state index in [0.29, 0.717) is 4.57 Å². The average molecular weight is 212 g/mol. The Labute approximate surface area is 81.3 Å². The van der Waals surface area contributed by atoms with Crippen LogP contribution in [-0.4, -0.2) is 24.4 Å². The summed E-state index contributed by atoms with van der Waals surface area (Å²) < 4.78 is 1.64. The van der Waals surface area contributed by atoms with E-state index in [2.05, 4.69) is 10.2 Å². The molecule has 2 aromatic heterocycles. The maximum Gasteiger partial charge on any atom is 0.337 e. The second-order valence-corrected chi connectivity index (χ2v) is 2.84. The lowest BCUT2D eigenvalue weighted by Gasteiger charge is -2.20. The lowest BCUT2D eigenvalue weighted by Crippen LogP contribution is -2.37. The fourth-order valence-corrected chi connectivity index (χ4v) is 1.25. The first kappa shape index (κ1) is 9.43. The molecule has 0 amide bonds. The Kier molecular flexibility index (Phi) is 1.84. The molecule has 0 saturated carbocycles. The molecule has 0 bridgehead atoms. The van der Waals surface area contributed by atoms with Crippen LogP contribution in [0.4, 0.5) is 5.69 Å². The molecule has 2 heterocycles. The van der Waals surface area contributed by atoms with E-state index >= 15 is 0 Å². The predicted molar refractivity (Wildman–Crippen MR) is 48.7 cm³/mol. The highest BCUT2D eigenvalue weighted by Gasteiger charge is 2.13. The summed E-state index contributed by atoms with van der Waals surface area (Å²) in [5, 5.41) is 24.6. The standard InChI is InChI=1S/C6H6N5O4/c1-9-5(12)3(11(14)15)4-8-7-2-10(4)6(9)13/h2,8,14H,1H3/q-1. The van der Waals surface area contributed by atoms with Gasteiger partial charge in [-0.2, -0.15) is 5.10 Å². The normalized spacial score (nSPS) is 10.9. The topological polar surface area (TPSA) is 119 Å². The van der Waals surface area contributed by atoms with Crippen LogP contribution < -0.4 is 16.5 Å². The molecule has 0 aliphatic rings. The molecule has 9 nitrogen and oxygen atoms in total. The Morgan fingerprint density at radius 2 is 2.27 bits per heavy atom. The van der Waals surface area contributed by atoms with E-state index in [0.717, 1.165) is 10.7 Å². The molecule has 9 heteroatoms. The minimum Gasteiger partial charge on any atom is -0.733 e. The number of H-pyrrole nitrogens is 1. The zero-order valence-electron chi connectivity index (χ0n) is 7.54. The van der Waals surface area contributed by atoms with Crippen LogP contribution in [0.3, 0.4) is 0 Å². The van der Waals surface area contributed by atoms with Gasteiger partial charge in [0.1, 0.15) is 6.33 Å². The van der Waals surface area contributed by atoms with Crippen molar-refractivity contribution in [3.05, 3.63) is 32.4 Å².